The van der Waals surface area contributed by atoms with Gasteiger partial charge in [-0.1, -0.05) is 18.2 Å². The van der Waals surface area contributed by atoms with Crippen LogP contribution in [-0.2, 0) is 4.74 Å². The largest absolute Gasteiger partial charge is 0.444 e. The van der Waals surface area contributed by atoms with Gasteiger partial charge in [-0.15, -0.1) is 0 Å². The van der Waals surface area contributed by atoms with Gasteiger partial charge in [-0.05, 0) is 38.9 Å². The monoisotopic (exact) mass is 245 g/mol. The molecule has 18 heavy (non-hydrogen) atoms. The molecule has 2 aromatic rings. The number of anilines is 1. The normalized spacial score (nSPS) is 12.1. The molecular formula is C14H16N2O2. The van der Waals surface area contributed by atoms with Crippen molar-refractivity contribution in [2.45, 2.75) is 26.4 Å². The van der Waals surface area contributed by atoms with E-state index in [2.05, 4.69) is 10.3 Å². The maximum atomic E-state index is 11.7. The van der Waals surface area contributed by atoms with E-state index in [1.807, 2.05) is 24.3 Å². The summed E-state index contributed by atoms with van der Waals surface area (Å²) in [6.07, 6.45) is -0.608. The second kappa shape index (κ2) is 4.64. The molecule has 4 nitrogen and oxygen atoms in total. The maximum Gasteiger partial charge on any atom is 0.413 e. The van der Waals surface area contributed by atoms with Gasteiger partial charge in [0.2, 0.25) is 0 Å². The molecule has 1 amide bonds. The van der Waals surface area contributed by atoms with E-state index in [-0.39, 0.29) is 11.9 Å². The first-order valence-electron chi connectivity index (χ1n) is 6.21. The van der Waals surface area contributed by atoms with Gasteiger partial charge in [0.05, 0.1) is 6.89 Å². The van der Waals surface area contributed by atoms with Gasteiger partial charge in [0.15, 0.2) is 0 Å². The van der Waals surface area contributed by atoms with E-state index in [0.717, 1.165) is 10.9 Å². The van der Waals surface area contributed by atoms with Crippen molar-refractivity contribution < 1.29 is 10.9 Å². The number of carbonyl (C=O) groups excluding carboxylic acids is 1. The quantitative estimate of drug-likeness (QED) is 0.835. The highest BCUT2D eigenvalue weighted by atomic mass is 16.6. The van der Waals surface area contributed by atoms with Crippen LogP contribution >= 0.6 is 0 Å². The number of pyridine rings is 1. The Balaban J connectivity index is 2.25. The van der Waals surface area contributed by atoms with Crippen LogP contribution in [0.3, 0.4) is 0 Å². The standard InChI is InChI=1S/C14H16N2O2/c1-14(2,3)18-13(17)16-12-9-8-10-6-4-5-7-11(10)15-12/h4-9H,1-3H3,(H,15,16,17)/i9D. The Bertz CT molecular complexity index is 620. The molecule has 0 fully saturated rings. The number of para-hydroxylation sites is 1. The molecule has 4 heteroatoms. The Morgan fingerprint density at radius 1 is 1.33 bits per heavy atom. The minimum Gasteiger partial charge on any atom is -0.444 e. The number of hydrogen-bond donors (Lipinski definition) is 1. The van der Waals surface area contributed by atoms with Crippen LogP contribution in [0.5, 0.6) is 0 Å². The van der Waals surface area contributed by atoms with Crippen LogP contribution in [0.4, 0.5) is 10.6 Å². The molecule has 1 aromatic heterocycles. The van der Waals surface area contributed by atoms with E-state index in [0.29, 0.717) is 0 Å². The van der Waals surface area contributed by atoms with Crippen molar-refractivity contribution >= 4 is 22.8 Å². The van der Waals surface area contributed by atoms with E-state index in [1.165, 1.54) is 0 Å². The summed E-state index contributed by atoms with van der Waals surface area (Å²) in [7, 11) is 0. The summed E-state index contributed by atoms with van der Waals surface area (Å²) in [6.45, 7) is 5.34. The number of amides is 1. The van der Waals surface area contributed by atoms with Crippen molar-refractivity contribution in [3.8, 4) is 0 Å². The van der Waals surface area contributed by atoms with Gasteiger partial charge in [0.25, 0.3) is 0 Å². The van der Waals surface area contributed by atoms with Gasteiger partial charge in [-0.2, -0.15) is 0 Å². The fourth-order valence-corrected chi connectivity index (χ4v) is 1.47. The summed E-state index contributed by atoms with van der Waals surface area (Å²) in [5, 5.41) is 3.36. The molecule has 0 bridgehead atoms. The molecule has 0 atom stereocenters. The third kappa shape index (κ3) is 3.20. The molecule has 2 rings (SSSR count). The van der Waals surface area contributed by atoms with Crippen LogP contribution in [-0.4, -0.2) is 16.7 Å². The molecule has 0 aliphatic carbocycles. The van der Waals surface area contributed by atoms with Gasteiger partial charge in [0, 0.05) is 5.39 Å². The molecule has 0 saturated carbocycles. The molecule has 0 aliphatic heterocycles. The fraction of sp³-hybridized carbons (Fsp3) is 0.286. The fourth-order valence-electron chi connectivity index (χ4n) is 1.47. The van der Waals surface area contributed by atoms with Crippen LogP contribution in [0, 0.1) is 0 Å². The first-order chi connectivity index (χ1) is 8.85. The Morgan fingerprint density at radius 3 is 2.78 bits per heavy atom. The number of benzene rings is 1. The summed E-state index contributed by atoms with van der Waals surface area (Å²) < 4.78 is 13.0. The number of nitrogens with one attached hydrogen (secondary N) is 1. The van der Waals surface area contributed by atoms with Crippen molar-refractivity contribution in [2.24, 2.45) is 0 Å². The Kier molecular flexibility index (Phi) is 2.84. The zero-order valence-electron chi connectivity index (χ0n) is 11.7. The number of nitrogens with zero attached hydrogens (tertiary/aromatic N) is 1. The summed E-state index contributed by atoms with van der Waals surface area (Å²) in [4.78, 5) is 15.9. The molecule has 1 aromatic carbocycles. The molecular weight excluding hydrogens is 228 g/mol. The van der Waals surface area contributed by atoms with Crippen molar-refractivity contribution in [1.82, 2.24) is 4.98 Å². The lowest BCUT2D eigenvalue weighted by atomic mass is 10.2. The van der Waals surface area contributed by atoms with Gasteiger partial charge >= 0.3 is 6.09 Å². The number of ether oxygens (including phenoxy) is 1. The number of rotatable bonds is 1. The first-order valence-corrected chi connectivity index (χ1v) is 5.71. The van der Waals surface area contributed by atoms with E-state index in [1.54, 1.807) is 26.8 Å². The number of aromatic nitrogens is 1. The summed E-state index contributed by atoms with van der Waals surface area (Å²) in [5.41, 5.74) is 0.146. The zero-order chi connectivity index (χ0) is 14.0. The lowest BCUT2D eigenvalue weighted by molar-refractivity contribution is 0.0635. The van der Waals surface area contributed by atoms with Crippen LogP contribution in [0.15, 0.2) is 36.4 Å². The maximum absolute atomic E-state index is 11.7. The van der Waals surface area contributed by atoms with Crippen molar-refractivity contribution in [2.75, 3.05) is 5.32 Å². The highest BCUT2D eigenvalue weighted by molar-refractivity contribution is 5.87. The number of fused-ring (bicyclic) bond motifs is 1. The smallest absolute Gasteiger partial charge is 0.413 e. The third-order valence-electron chi connectivity index (χ3n) is 2.15. The lowest BCUT2D eigenvalue weighted by Crippen LogP contribution is -2.27. The Hall–Kier alpha value is -2.10. The second-order valence-electron chi connectivity index (χ2n) is 4.93. The SMILES string of the molecule is [2H]c1cc2ccccc2nc1NC(=O)OC(C)(C)C. The van der Waals surface area contributed by atoms with E-state index >= 15 is 0 Å². The van der Waals surface area contributed by atoms with Gasteiger partial charge in [0.1, 0.15) is 11.4 Å². The van der Waals surface area contributed by atoms with E-state index in [4.69, 9.17) is 6.11 Å². The Labute approximate surface area is 107 Å². The average molecular weight is 245 g/mol. The van der Waals surface area contributed by atoms with Crippen LogP contribution in [0.1, 0.15) is 22.1 Å². The highest BCUT2D eigenvalue weighted by Gasteiger charge is 2.16. The molecule has 0 radical (unpaired) electrons. The Morgan fingerprint density at radius 2 is 2.06 bits per heavy atom. The predicted molar refractivity (Wildman–Crippen MR) is 71.6 cm³/mol. The summed E-state index contributed by atoms with van der Waals surface area (Å²) in [5.74, 6) is 0.202. The lowest BCUT2D eigenvalue weighted by Gasteiger charge is -2.19. The average Bonchev–Trinajstić information content (AvgIpc) is 2.27. The van der Waals surface area contributed by atoms with E-state index in [9.17, 15) is 4.79 Å². The third-order valence-corrected chi connectivity index (χ3v) is 2.15. The molecule has 0 spiro atoms. The number of carbonyl (C=O) groups is 1. The molecule has 1 heterocycles. The van der Waals surface area contributed by atoms with Crippen molar-refractivity contribution in [1.29, 1.82) is 0 Å². The second-order valence-corrected chi connectivity index (χ2v) is 4.93. The minimum atomic E-state index is -0.608. The first kappa shape index (κ1) is 11.0. The van der Waals surface area contributed by atoms with Gasteiger partial charge in [-0.3, -0.25) is 5.32 Å². The molecule has 0 unspecified atom stereocenters. The topological polar surface area (TPSA) is 51.2 Å². The van der Waals surface area contributed by atoms with Gasteiger partial charge < -0.3 is 4.74 Å². The predicted octanol–water partition coefficient (Wildman–Crippen LogP) is 3.58. The van der Waals surface area contributed by atoms with Crippen LogP contribution in [0.25, 0.3) is 10.9 Å². The zero-order valence-corrected chi connectivity index (χ0v) is 10.7. The minimum absolute atomic E-state index is 0.157. The van der Waals surface area contributed by atoms with Gasteiger partial charge in [-0.25, -0.2) is 9.78 Å². The molecule has 0 saturated heterocycles. The van der Waals surface area contributed by atoms with Crippen LogP contribution < -0.4 is 5.32 Å². The number of hydrogen-bond acceptors (Lipinski definition) is 3. The van der Waals surface area contributed by atoms with E-state index < -0.39 is 11.7 Å². The van der Waals surface area contributed by atoms with Crippen LogP contribution in [0.2, 0.25) is 0 Å². The highest BCUT2D eigenvalue weighted by Crippen LogP contribution is 2.15. The molecule has 1 N–H and O–H groups in total. The summed E-state index contributed by atoms with van der Waals surface area (Å²) >= 11 is 0. The van der Waals surface area contributed by atoms with Crippen molar-refractivity contribution in [3.05, 3.63) is 36.4 Å². The molecule has 94 valence electrons. The summed E-state index contributed by atoms with van der Waals surface area (Å²) in [6, 6.07) is 9.26. The molecule has 0 aliphatic rings. The van der Waals surface area contributed by atoms with Crippen molar-refractivity contribution in [3.63, 3.8) is 0 Å².